The minimum atomic E-state index is -0.527. The molecular weight excluding hydrogens is 244 g/mol. The van der Waals surface area contributed by atoms with Crippen molar-refractivity contribution in [3.8, 4) is 0 Å². The van der Waals surface area contributed by atoms with Crippen molar-refractivity contribution in [3.05, 3.63) is 27.6 Å². The van der Waals surface area contributed by atoms with Gasteiger partial charge in [-0.1, -0.05) is 11.3 Å². The summed E-state index contributed by atoms with van der Waals surface area (Å²) in [6.45, 7) is 3.19. The first-order valence-electron chi connectivity index (χ1n) is 4.91. The van der Waals surface area contributed by atoms with Gasteiger partial charge in [0.25, 0.3) is 0 Å². The molecule has 0 aliphatic rings. The maximum absolute atomic E-state index is 10.5. The Morgan fingerprint density at radius 3 is 3.06 bits per heavy atom. The molecule has 0 atom stereocenters. The van der Waals surface area contributed by atoms with E-state index in [0.717, 1.165) is 16.7 Å². The maximum Gasteiger partial charge on any atom is 0.381 e. The lowest BCUT2D eigenvalue weighted by molar-refractivity contribution is -0.389. The van der Waals surface area contributed by atoms with Crippen molar-refractivity contribution >= 4 is 22.3 Å². The van der Waals surface area contributed by atoms with Crippen molar-refractivity contribution in [2.45, 2.75) is 13.5 Å². The van der Waals surface area contributed by atoms with Crippen molar-refractivity contribution < 1.29 is 4.92 Å². The molecule has 2 heterocycles. The average molecular weight is 254 g/mol. The lowest BCUT2D eigenvalue weighted by Crippen LogP contribution is -1.95. The highest BCUT2D eigenvalue weighted by atomic mass is 32.1. The zero-order chi connectivity index (χ0) is 12.3. The van der Waals surface area contributed by atoms with E-state index in [1.807, 2.05) is 6.92 Å². The molecule has 8 nitrogen and oxygen atoms in total. The van der Waals surface area contributed by atoms with E-state index < -0.39 is 4.92 Å². The molecule has 0 saturated carbocycles. The van der Waals surface area contributed by atoms with E-state index in [-0.39, 0.29) is 5.82 Å². The molecule has 0 fully saturated rings. The number of anilines is 1. The minimum absolute atomic E-state index is 0.165. The fourth-order valence-electron chi connectivity index (χ4n) is 1.23. The Labute approximate surface area is 100 Å². The Balaban J connectivity index is 2.05. The third kappa shape index (κ3) is 2.75. The Kier molecular flexibility index (Phi) is 3.28. The highest BCUT2D eigenvalue weighted by Crippen LogP contribution is 2.16. The van der Waals surface area contributed by atoms with Crippen molar-refractivity contribution in [2.24, 2.45) is 0 Å². The second-order valence-electron chi connectivity index (χ2n) is 3.19. The van der Waals surface area contributed by atoms with Gasteiger partial charge >= 0.3 is 5.82 Å². The van der Waals surface area contributed by atoms with Crippen LogP contribution in [-0.2, 0) is 6.54 Å². The summed E-state index contributed by atoms with van der Waals surface area (Å²) < 4.78 is 1.61. The lowest BCUT2D eigenvalue weighted by atomic mass is 10.6. The molecule has 2 aromatic heterocycles. The second-order valence-corrected chi connectivity index (χ2v) is 4.25. The molecule has 0 saturated heterocycles. The van der Waals surface area contributed by atoms with E-state index in [1.54, 1.807) is 4.57 Å². The predicted octanol–water partition coefficient (Wildman–Crippen LogP) is 1.12. The zero-order valence-electron chi connectivity index (χ0n) is 9.03. The molecule has 0 unspecified atom stereocenters. The largest absolute Gasteiger partial charge is 0.381 e. The van der Waals surface area contributed by atoms with Gasteiger partial charge in [-0.3, -0.25) is 0 Å². The van der Waals surface area contributed by atoms with Crippen LogP contribution in [0, 0.1) is 10.1 Å². The summed E-state index contributed by atoms with van der Waals surface area (Å²) in [5.74, 6) is -0.165. The van der Waals surface area contributed by atoms with Crippen molar-refractivity contribution in [3.63, 3.8) is 0 Å². The van der Waals surface area contributed by atoms with Gasteiger partial charge in [-0.05, 0) is 16.8 Å². The molecule has 0 amide bonds. The Hall–Kier alpha value is -2.03. The number of nitrogens with one attached hydrogen (secondary N) is 1. The summed E-state index contributed by atoms with van der Waals surface area (Å²) in [6, 6.07) is 0. The van der Waals surface area contributed by atoms with Gasteiger partial charge in [-0.2, -0.15) is 0 Å². The molecule has 0 aromatic carbocycles. The van der Waals surface area contributed by atoms with Gasteiger partial charge in [0.05, 0.1) is 6.54 Å². The maximum atomic E-state index is 10.5. The number of nitro groups is 1. The summed E-state index contributed by atoms with van der Waals surface area (Å²) in [5, 5.41) is 22.9. The van der Waals surface area contributed by atoms with E-state index in [2.05, 4.69) is 20.5 Å². The van der Waals surface area contributed by atoms with Gasteiger partial charge in [0, 0.05) is 6.54 Å². The van der Waals surface area contributed by atoms with E-state index in [9.17, 15) is 10.1 Å². The smallest absolute Gasteiger partial charge is 0.360 e. The quantitative estimate of drug-likeness (QED) is 0.634. The molecule has 0 aliphatic carbocycles. The number of rotatable bonds is 5. The fourth-order valence-corrected chi connectivity index (χ4v) is 2.04. The molecule has 2 aromatic rings. The van der Waals surface area contributed by atoms with Crippen LogP contribution in [0.5, 0.6) is 0 Å². The van der Waals surface area contributed by atoms with Crippen molar-refractivity contribution in [1.82, 2.24) is 19.7 Å². The molecular formula is C8H10N6O2S. The lowest BCUT2D eigenvalue weighted by Gasteiger charge is -1.94. The Morgan fingerprint density at radius 2 is 2.41 bits per heavy atom. The normalized spacial score (nSPS) is 10.4. The molecule has 0 radical (unpaired) electrons. The third-order valence-corrected chi connectivity index (χ3v) is 2.79. The standard InChI is InChI=1S/C8H10N6O2S/c1-2-9-8-12-11-7(17-8)4-13-3-6(10-5-13)14(15)16/h3,5H,2,4H2,1H3,(H,9,12). The first kappa shape index (κ1) is 11.5. The number of hydrogen-bond acceptors (Lipinski definition) is 7. The SMILES string of the molecule is CCNc1nnc(Cn2cnc([N+](=O)[O-])c2)s1. The van der Waals surface area contributed by atoms with Crippen LogP contribution >= 0.6 is 11.3 Å². The van der Waals surface area contributed by atoms with Gasteiger partial charge in [0.1, 0.15) is 11.2 Å². The van der Waals surface area contributed by atoms with Crippen LogP contribution in [0.2, 0.25) is 0 Å². The van der Waals surface area contributed by atoms with Crippen LogP contribution in [0.1, 0.15) is 11.9 Å². The third-order valence-electron chi connectivity index (χ3n) is 1.92. The number of imidazole rings is 1. The Bertz CT molecular complexity index is 522. The van der Waals surface area contributed by atoms with Crippen molar-refractivity contribution in [2.75, 3.05) is 11.9 Å². The van der Waals surface area contributed by atoms with Gasteiger partial charge in [-0.25, -0.2) is 0 Å². The van der Waals surface area contributed by atoms with Gasteiger partial charge in [0.2, 0.25) is 11.5 Å². The number of nitrogens with zero attached hydrogens (tertiary/aromatic N) is 5. The van der Waals surface area contributed by atoms with Gasteiger partial charge in [-0.15, -0.1) is 10.2 Å². The zero-order valence-corrected chi connectivity index (χ0v) is 9.85. The summed E-state index contributed by atoms with van der Waals surface area (Å²) in [6.07, 6.45) is 2.78. The summed E-state index contributed by atoms with van der Waals surface area (Å²) in [7, 11) is 0. The molecule has 90 valence electrons. The fraction of sp³-hybridized carbons (Fsp3) is 0.375. The topological polar surface area (TPSA) is 98.8 Å². The average Bonchev–Trinajstić information content (AvgIpc) is 2.89. The summed E-state index contributed by atoms with van der Waals surface area (Å²) in [5.41, 5.74) is 0. The van der Waals surface area contributed by atoms with E-state index >= 15 is 0 Å². The van der Waals surface area contributed by atoms with Crippen LogP contribution in [0.15, 0.2) is 12.5 Å². The van der Waals surface area contributed by atoms with Crippen molar-refractivity contribution in [1.29, 1.82) is 0 Å². The van der Waals surface area contributed by atoms with Crippen LogP contribution in [0.3, 0.4) is 0 Å². The molecule has 9 heteroatoms. The highest BCUT2D eigenvalue weighted by Gasteiger charge is 2.11. The first-order chi connectivity index (χ1) is 8.19. The molecule has 17 heavy (non-hydrogen) atoms. The predicted molar refractivity (Wildman–Crippen MR) is 62.1 cm³/mol. The summed E-state index contributed by atoms with van der Waals surface area (Å²) in [4.78, 5) is 13.6. The van der Waals surface area contributed by atoms with E-state index in [1.165, 1.54) is 23.9 Å². The number of aromatic nitrogens is 4. The van der Waals surface area contributed by atoms with Crippen LogP contribution in [0.4, 0.5) is 10.9 Å². The minimum Gasteiger partial charge on any atom is -0.360 e. The molecule has 0 spiro atoms. The molecule has 2 rings (SSSR count). The first-order valence-corrected chi connectivity index (χ1v) is 5.73. The number of hydrogen-bond donors (Lipinski definition) is 1. The van der Waals surface area contributed by atoms with E-state index in [0.29, 0.717) is 6.54 Å². The molecule has 0 bridgehead atoms. The monoisotopic (exact) mass is 254 g/mol. The summed E-state index contributed by atoms with van der Waals surface area (Å²) >= 11 is 1.42. The van der Waals surface area contributed by atoms with E-state index in [4.69, 9.17) is 0 Å². The van der Waals surface area contributed by atoms with Gasteiger partial charge in [0.15, 0.2) is 0 Å². The van der Waals surface area contributed by atoms with Crippen LogP contribution < -0.4 is 5.32 Å². The molecule has 1 N–H and O–H groups in total. The Morgan fingerprint density at radius 1 is 1.59 bits per heavy atom. The molecule has 0 aliphatic heterocycles. The van der Waals surface area contributed by atoms with Crippen LogP contribution in [-0.4, -0.2) is 31.2 Å². The van der Waals surface area contributed by atoms with Gasteiger partial charge < -0.3 is 20.0 Å². The second kappa shape index (κ2) is 4.87. The highest BCUT2D eigenvalue weighted by molar-refractivity contribution is 7.15. The van der Waals surface area contributed by atoms with Crippen LogP contribution in [0.25, 0.3) is 0 Å².